The van der Waals surface area contributed by atoms with Gasteiger partial charge < -0.3 is 4.90 Å². The zero-order valence-corrected chi connectivity index (χ0v) is 22.5. The van der Waals surface area contributed by atoms with E-state index >= 15 is 0 Å². The lowest BCUT2D eigenvalue weighted by Crippen LogP contribution is -2.48. The van der Waals surface area contributed by atoms with Gasteiger partial charge in [-0.1, -0.05) is 53.5 Å². The van der Waals surface area contributed by atoms with E-state index < -0.39 is 0 Å². The Bertz CT molecular complexity index is 1130. The van der Waals surface area contributed by atoms with E-state index in [4.69, 9.17) is 11.6 Å². The maximum atomic E-state index is 13.0. The van der Waals surface area contributed by atoms with Crippen molar-refractivity contribution in [3.8, 4) is 0 Å². The van der Waals surface area contributed by atoms with Gasteiger partial charge in [-0.15, -0.1) is 0 Å². The summed E-state index contributed by atoms with van der Waals surface area (Å²) in [5, 5.41) is 0.340. The number of halogens is 2. The van der Waals surface area contributed by atoms with Gasteiger partial charge in [-0.25, -0.2) is 0 Å². The van der Waals surface area contributed by atoms with Crippen LogP contribution < -0.4 is 4.90 Å². The van der Waals surface area contributed by atoms with Crippen molar-refractivity contribution < 1.29 is 9.59 Å². The Labute approximate surface area is 213 Å². The van der Waals surface area contributed by atoms with Crippen LogP contribution in [-0.2, 0) is 11.3 Å². The van der Waals surface area contributed by atoms with E-state index in [1.54, 1.807) is 6.08 Å². The summed E-state index contributed by atoms with van der Waals surface area (Å²) in [6.07, 6.45) is 3.87. The SMILES string of the molecule is CCCN1c2cc(Cl)c(/C=C3/SC(=O)N(Cc4ccc(Br)cc4)C3=O)cc2C(C)CC1(C)C. The molecule has 2 heterocycles. The second kappa shape index (κ2) is 9.47. The van der Waals surface area contributed by atoms with Gasteiger partial charge in [-0.05, 0) is 91.4 Å². The van der Waals surface area contributed by atoms with Gasteiger partial charge in [0.25, 0.3) is 11.1 Å². The van der Waals surface area contributed by atoms with Crippen LogP contribution in [0.4, 0.5) is 10.5 Å². The fourth-order valence-corrected chi connectivity index (χ4v) is 6.13. The highest BCUT2D eigenvalue weighted by atomic mass is 79.9. The average Bonchev–Trinajstić information content (AvgIpc) is 3.00. The second-order valence-electron chi connectivity index (χ2n) is 9.40. The molecule has 4 nitrogen and oxygen atoms in total. The van der Waals surface area contributed by atoms with E-state index in [-0.39, 0.29) is 23.2 Å². The molecule has 7 heteroatoms. The Hall–Kier alpha value is -1.76. The van der Waals surface area contributed by atoms with Gasteiger partial charge in [0.05, 0.1) is 11.4 Å². The number of nitrogens with zero attached hydrogens (tertiary/aromatic N) is 2. The number of fused-ring (bicyclic) bond motifs is 1. The lowest BCUT2D eigenvalue weighted by Gasteiger charge is -2.47. The van der Waals surface area contributed by atoms with Crippen LogP contribution in [-0.4, -0.2) is 28.1 Å². The van der Waals surface area contributed by atoms with Crippen molar-refractivity contribution in [2.45, 2.75) is 58.5 Å². The zero-order chi connectivity index (χ0) is 23.9. The highest BCUT2D eigenvalue weighted by Gasteiger charge is 2.37. The molecule has 2 amide bonds. The summed E-state index contributed by atoms with van der Waals surface area (Å²) in [4.78, 5) is 29.8. The Kier molecular flexibility index (Phi) is 7.00. The van der Waals surface area contributed by atoms with Gasteiger partial charge in [-0.2, -0.15) is 0 Å². The summed E-state index contributed by atoms with van der Waals surface area (Å²) >= 11 is 11.1. The summed E-state index contributed by atoms with van der Waals surface area (Å²) in [5.74, 6) is 0.100. The van der Waals surface area contributed by atoms with E-state index in [0.717, 1.165) is 46.7 Å². The number of hydrogen-bond donors (Lipinski definition) is 0. The van der Waals surface area contributed by atoms with E-state index in [0.29, 0.717) is 15.8 Å². The van der Waals surface area contributed by atoms with Crippen molar-refractivity contribution >= 4 is 62.2 Å². The van der Waals surface area contributed by atoms with Crippen LogP contribution >= 0.6 is 39.3 Å². The number of carbonyl (C=O) groups excluding carboxylic acids is 2. The van der Waals surface area contributed by atoms with Crippen molar-refractivity contribution in [2.24, 2.45) is 0 Å². The molecule has 2 aliphatic heterocycles. The number of thioether (sulfide) groups is 1. The molecule has 0 saturated carbocycles. The highest BCUT2D eigenvalue weighted by molar-refractivity contribution is 9.10. The average molecular weight is 548 g/mol. The predicted octanol–water partition coefficient (Wildman–Crippen LogP) is 7.84. The molecule has 1 unspecified atom stereocenters. The van der Waals surface area contributed by atoms with Gasteiger partial charge in [0.2, 0.25) is 0 Å². The van der Waals surface area contributed by atoms with E-state index in [2.05, 4.69) is 54.6 Å². The smallest absolute Gasteiger partial charge is 0.293 e. The molecule has 33 heavy (non-hydrogen) atoms. The summed E-state index contributed by atoms with van der Waals surface area (Å²) < 4.78 is 0.956. The van der Waals surface area contributed by atoms with Crippen LogP contribution in [0.5, 0.6) is 0 Å². The second-order valence-corrected chi connectivity index (χ2v) is 11.7. The number of carbonyl (C=O) groups is 2. The van der Waals surface area contributed by atoms with Crippen molar-refractivity contribution in [3.05, 3.63) is 67.5 Å². The number of imide groups is 1. The third-order valence-electron chi connectivity index (χ3n) is 6.37. The molecular formula is C26H28BrClN2O2S. The van der Waals surface area contributed by atoms with Crippen LogP contribution in [0.1, 0.15) is 63.1 Å². The van der Waals surface area contributed by atoms with Crippen molar-refractivity contribution in [1.82, 2.24) is 4.90 Å². The normalized spacial score (nSPS) is 21.2. The summed E-state index contributed by atoms with van der Waals surface area (Å²) in [7, 11) is 0. The number of amides is 2. The standard InChI is InChI=1S/C26H28BrClN2O2S/c1-5-10-30-22-13-21(28)18(11-20(22)16(2)14-26(30,3)4)12-23-24(31)29(25(32)33-23)15-17-6-8-19(27)9-7-17/h6-9,11-13,16H,5,10,14-15H2,1-4H3/b23-12+. The third kappa shape index (κ3) is 4.89. The molecule has 0 N–H and O–H groups in total. The lowest BCUT2D eigenvalue weighted by atomic mass is 9.79. The third-order valence-corrected chi connectivity index (χ3v) is 8.13. The molecule has 2 aromatic carbocycles. The van der Waals surface area contributed by atoms with Crippen LogP contribution in [0, 0.1) is 0 Å². The van der Waals surface area contributed by atoms with Crippen LogP contribution in [0.25, 0.3) is 6.08 Å². The van der Waals surface area contributed by atoms with Gasteiger partial charge in [0, 0.05) is 27.3 Å². The number of hydrogen-bond acceptors (Lipinski definition) is 4. The molecular weight excluding hydrogens is 520 g/mol. The summed E-state index contributed by atoms with van der Waals surface area (Å²) in [6.45, 7) is 10.2. The lowest BCUT2D eigenvalue weighted by molar-refractivity contribution is -0.123. The van der Waals surface area contributed by atoms with Crippen LogP contribution in [0.3, 0.4) is 0 Å². The molecule has 174 valence electrons. The molecule has 0 aliphatic carbocycles. The number of anilines is 1. The highest BCUT2D eigenvalue weighted by Crippen LogP contribution is 2.46. The monoisotopic (exact) mass is 546 g/mol. The zero-order valence-electron chi connectivity index (χ0n) is 19.3. The van der Waals surface area contributed by atoms with Crippen LogP contribution in [0.2, 0.25) is 5.02 Å². The first-order valence-corrected chi connectivity index (χ1v) is 13.2. The summed E-state index contributed by atoms with van der Waals surface area (Å²) in [5.41, 5.74) is 4.16. The Balaban J connectivity index is 1.64. The van der Waals surface area contributed by atoms with Crippen molar-refractivity contribution in [1.29, 1.82) is 0 Å². The van der Waals surface area contributed by atoms with Crippen LogP contribution in [0.15, 0.2) is 45.8 Å². The van der Waals surface area contributed by atoms with Gasteiger partial charge in [0.1, 0.15) is 0 Å². The van der Waals surface area contributed by atoms with E-state index in [1.807, 2.05) is 30.3 Å². The predicted molar refractivity (Wildman–Crippen MR) is 142 cm³/mol. The molecule has 0 aromatic heterocycles. The minimum atomic E-state index is -0.275. The summed E-state index contributed by atoms with van der Waals surface area (Å²) in [6, 6.07) is 11.7. The first kappa shape index (κ1) is 24.4. The Morgan fingerprint density at radius 2 is 1.91 bits per heavy atom. The largest absolute Gasteiger partial charge is 0.366 e. The molecule has 0 radical (unpaired) electrons. The molecule has 1 saturated heterocycles. The molecule has 0 spiro atoms. The van der Waals surface area contributed by atoms with Crippen molar-refractivity contribution in [2.75, 3.05) is 11.4 Å². The minimum Gasteiger partial charge on any atom is -0.366 e. The van der Waals surface area contributed by atoms with E-state index in [1.165, 1.54) is 16.2 Å². The molecule has 1 atom stereocenters. The Morgan fingerprint density at radius 1 is 1.21 bits per heavy atom. The van der Waals surface area contributed by atoms with Gasteiger partial charge in [0.15, 0.2) is 0 Å². The minimum absolute atomic E-state index is 0.0585. The first-order valence-electron chi connectivity index (χ1n) is 11.2. The number of benzene rings is 2. The van der Waals surface area contributed by atoms with Gasteiger partial charge >= 0.3 is 0 Å². The quantitative estimate of drug-likeness (QED) is 0.358. The van der Waals surface area contributed by atoms with Crippen molar-refractivity contribution in [3.63, 3.8) is 0 Å². The maximum Gasteiger partial charge on any atom is 0.293 e. The van der Waals surface area contributed by atoms with Gasteiger partial charge in [-0.3, -0.25) is 14.5 Å². The molecule has 2 aliphatic rings. The molecule has 4 rings (SSSR count). The molecule has 2 aromatic rings. The topological polar surface area (TPSA) is 40.6 Å². The fourth-order valence-electron chi connectivity index (χ4n) is 4.83. The first-order chi connectivity index (χ1) is 15.6. The number of rotatable bonds is 5. The van der Waals surface area contributed by atoms with E-state index in [9.17, 15) is 9.59 Å². The Morgan fingerprint density at radius 3 is 2.58 bits per heavy atom. The maximum absolute atomic E-state index is 13.0. The fraction of sp³-hybridized carbons (Fsp3) is 0.385. The molecule has 0 bridgehead atoms. The molecule has 1 fully saturated rings.